The monoisotopic (exact) mass is 503 g/mol. The SMILES string of the molecule is CC(C)(C)P(CCNCC(C1=C(Cl)CCCCCC1)P(C(C)(C)C)C(C)(C)C)C(C)(C)C. The molecule has 0 radical (unpaired) electrons. The van der Waals surface area contributed by atoms with E-state index < -0.39 is 0 Å². The number of rotatable bonds is 7. The molecule has 0 aromatic heterocycles. The molecule has 0 amide bonds. The third-order valence-corrected chi connectivity index (χ3v) is 14.9. The van der Waals surface area contributed by atoms with Gasteiger partial charge in [0, 0.05) is 17.2 Å². The van der Waals surface area contributed by atoms with Gasteiger partial charge in [-0.3, -0.25) is 0 Å². The summed E-state index contributed by atoms with van der Waals surface area (Å²) in [5.74, 6) is 0. The minimum absolute atomic E-state index is 0.0605. The Labute approximate surface area is 210 Å². The summed E-state index contributed by atoms with van der Waals surface area (Å²) in [6.45, 7) is 31.6. The molecule has 0 spiro atoms. The van der Waals surface area contributed by atoms with E-state index in [-0.39, 0.29) is 15.8 Å². The first-order valence-corrected chi connectivity index (χ1v) is 16.3. The first-order chi connectivity index (χ1) is 14.4. The first kappa shape index (κ1) is 30.9. The van der Waals surface area contributed by atoms with Gasteiger partial charge in [0.2, 0.25) is 0 Å². The highest BCUT2D eigenvalue weighted by Gasteiger charge is 2.42. The van der Waals surface area contributed by atoms with Crippen molar-refractivity contribution in [1.29, 1.82) is 0 Å². The maximum Gasteiger partial charge on any atom is 0.0179 e. The summed E-state index contributed by atoms with van der Waals surface area (Å²) in [5.41, 5.74) is 2.18. The van der Waals surface area contributed by atoms with Gasteiger partial charge in [-0.2, -0.15) is 0 Å². The Morgan fingerprint density at radius 3 is 1.62 bits per heavy atom. The van der Waals surface area contributed by atoms with Crippen molar-refractivity contribution >= 4 is 27.4 Å². The van der Waals surface area contributed by atoms with Crippen LogP contribution in [0.15, 0.2) is 10.6 Å². The normalized spacial score (nSPS) is 18.8. The third-order valence-electron chi connectivity index (χ3n) is 6.57. The van der Waals surface area contributed by atoms with Crippen molar-refractivity contribution in [1.82, 2.24) is 5.32 Å². The first-order valence-electron chi connectivity index (χ1n) is 13.0. The highest BCUT2D eigenvalue weighted by atomic mass is 35.5. The van der Waals surface area contributed by atoms with E-state index in [0.29, 0.717) is 26.3 Å². The van der Waals surface area contributed by atoms with Crippen molar-refractivity contribution in [3.63, 3.8) is 0 Å². The van der Waals surface area contributed by atoms with Crippen LogP contribution < -0.4 is 5.32 Å². The maximum atomic E-state index is 7.05. The number of hydrogen-bond donors (Lipinski definition) is 1. The molecule has 1 atom stereocenters. The molecule has 0 aromatic carbocycles. The quantitative estimate of drug-likeness (QED) is 0.269. The molecule has 32 heavy (non-hydrogen) atoms. The average molecular weight is 504 g/mol. The molecule has 0 bridgehead atoms. The Morgan fingerprint density at radius 1 is 0.719 bits per heavy atom. The largest absolute Gasteiger partial charge is 0.315 e. The van der Waals surface area contributed by atoms with Crippen molar-refractivity contribution in [2.24, 2.45) is 0 Å². The molecule has 0 heterocycles. The molecule has 1 aliphatic rings. The van der Waals surface area contributed by atoms with Crippen molar-refractivity contribution in [2.45, 2.75) is 148 Å². The fourth-order valence-electron chi connectivity index (χ4n) is 6.01. The zero-order chi connectivity index (χ0) is 25.0. The molecule has 0 saturated carbocycles. The van der Waals surface area contributed by atoms with Gasteiger partial charge in [0.05, 0.1) is 0 Å². The Morgan fingerprint density at radius 2 is 1.19 bits per heavy atom. The van der Waals surface area contributed by atoms with Crippen LogP contribution in [0.5, 0.6) is 0 Å². The second-order valence-corrected chi connectivity index (χ2v) is 22.3. The van der Waals surface area contributed by atoms with Gasteiger partial charge < -0.3 is 5.32 Å². The molecule has 0 saturated heterocycles. The fraction of sp³-hybridized carbons (Fsp3) is 0.929. The summed E-state index contributed by atoms with van der Waals surface area (Å²) < 4.78 is 0. The highest BCUT2D eigenvalue weighted by molar-refractivity contribution is 7.62. The van der Waals surface area contributed by atoms with Crippen molar-refractivity contribution < 1.29 is 0 Å². The minimum Gasteiger partial charge on any atom is -0.315 e. The average Bonchev–Trinajstić information content (AvgIpc) is 2.52. The predicted molar refractivity (Wildman–Crippen MR) is 155 cm³/mol. The predicted octanol–water partition coefficient (Wildman–Crippen LogP) is 9.95. The van der Waals surface area contributed by atoms with Gasteiger partial charge in [-0.1, -0.05) is 123 Å². The van der Waals surface area contributed by atoms with E-state index in [1.165, 1.54) is 43.3 Å². The Bertz CT molecular complexity index is 571. The van der Waals surface area contributed by atoms with Crippen molar-refractivity contribution in [2.75, 3.05) is 19.3 Å². The van der Waals surface area contributed by atoms with Crippen LogP contribution in [0.2, 0.25) is 0 Å². The molecule has 1 nitrogen and oxygen atoms in total. The lowest BCUT2D eigenvalue weighted by atomic mass is 9.97. The molecule has 1 rings (SSSR count). The minimum atomic E-state index is -0.253. The Hall–Kier alpha value is 0.850. The van der Waals surface area contributed by atoms with E-state index in [1.807, 2.05) is 0 Å². The van der Waals surface area contributed by atoms with Crippen LogP contribution in [-0.2, 0) is 0 Å². The van der Waals surface area contributed by atoms with Crippen molar-refractivity contribution in [3.8, 4) is 0 Å². The summed E-state index contributed by atoms with van der Waals surface area (Å²) >= 11 is 7.05. The van der Waals surface area contributed by atoms with E-state index in [2.05, 4.69) is 88.4 Å². The van der Waals surface area contributed by atoms with E-state index in [0.717, 1.165) is 19.5 Å². The summed E-state index contributed by atoms with van der Waals surface area (Å²) in [7, 11) is -0.313. The van der Waals surface area contributed by atoms with Gasteiger partial charge in [-0.25, -0.2) is 0 Å². The van der Waals surface area contributed by atoms with E-state index in [4.69, 9.17) is 11.6 Å². The summed E-state index contributed by atoms with van der Waals surface area (Å²) in [6, 6.07) is 0. The number of nitrogens with one attached hydrogen (secondary N) is 1. The molecular formula is C28H56ClNP2. The molecule has 0 aliphatic heterocycles. The molecular weight excluding hydrogens is 448 g/mol. The standard InChI is InChI=1S/C28H56ClNP2/c1-25(2,3)31(26(4,5)6)20-19-30-21-24(32(27(7,8)9)28(10,11)12)22-17-15-13-14-16-18-23(22)29/h24,30H,13-21H2,1-12H3. The van der Waals surface area contributed by atoms with Gasteiger partial charge in [-0.05, 0) is 64.6 Å². The van der Waals surface area contributed by atoms with Crippen LogP contribution in [0.25, 0.3) is 0 Å². The van der Waals surface area contributed by atoms with Crippen LogP contribution in [-0.4, -0.2) is 45.5 Å². The van der Waals surface area contributed by atoms with Crippen LogP contribution in [0.4, 0.5) is 0 Å². The Balaban J connectivity index is 3.15. The molecule has 0 aromatic rings. The van der Waals surface area contributed by atoms with Gasteiger partial charge in [0.25, 0.3) is 0 Å². The van der Waals surface area contributed by atoms with Crippen LogP contribution in [0, 0.1) is 0 Å². The second kappa shape index (κ2) is 12.2. The maximum absolute atomic E-state index is 7.05. The summed E-state index contributed by atoms with van der Waals surface area (Å²) in [5, 5.41) is 6.56. The zero-order valence-corrected chi connectivity index (χ0v) is 26.3. The molecule has 4 heteroatoms. The lowest BCUT2D eigenvalue weighted by molar-refractivity contribution is 0.592. The fourth-order valence-corrected chi connectivity index (χ4v) is 15.0. The highest BCUT2D eigenvalue weighted by Crippen LogP contribution is 2.65. The van der Waals surface area contributed by atoms with E-state index in [9.17, 15) is 0 Å². The molecule has 190 valence electrons. The van der Waals surface area contributed by atoms with E-state index >= 15 is 0 Å². The molecule has 1 unspecified atom stereocenters. The lowest BCUT2D eigenvalue weighted by Crippen LogP contribution is -2.39. The van der Waals surface area contributed by atoms with Gasteiger partial charge in [0.1, 0.15) is 0 Å². The zero-order valence-electron chi connectivity index (χ0n) is 23.7. The molecule has 1 N–H and O–H groups in total. The lowest BCUT2D eigenvalue weighted by Gasteiger charge is -2.48. The smallest absolute Gasteiger partial charge is 0.0179 e. The number of allylic oxidation sites excluding steroid dienone is 1. The summed E-state index contributed by atoms with van der Waals surface area (Å²) in [6.07, 6.45) is 8.84. The van der Waals surface area contributed by atoms with Gasteiger partial charge >= 0.3 is 0 Å². The molecule has 0 fully saturated rings. The van der Waals surface area contributed by atoms with Crippen LogP contribution >= 0.6 is 27.4 Å². The van der Waals surface area contributed by atoms with Gasteiger partial charge in [0.15, 0.2) is 0 Å². The topological polar surface area (TPSA) is 12.0 Å². The number of halogens is 1. The van der Waals surface area contributed by atoms with Gasteiger partial charge in [-0.15, -0.1) is 0 Å². The van der Waals surface area contributed by atoms with Crippen molar-refractivity contribution in [3.05, 3.63) is 10.6 Å². The number of hydrogen-bond acceptors (Lipinski definition) is 1. The summed E-state index contributed by atoms with van der Waals surface area (Å²) in [4.78, 5) is 0. The Kier molecular flexibility index (Phi) is 11.8. The second-order valence-electron chi connectivity index (χ2n) is 13.8. The van der Waals surface area contributed by atoms with Crippen LogP contribution in [0.1, 0.15) is 122 Å². The van der Waals surface area contributed by atoms with E-state index in [1.54, 1.807) is 5.57 Å². The molecule has 1 aliphatic carbocycles. The van der Waals surface area contributed by atoms with Crippen LogP contribution in [0.3, 0.4) is 0 Å². The third kappa shape index (κ3) is 9.84.